The molecule has 3 nitrogen and oxygen atoms in total. The molecule has 0 saturated carbocycles. The zero-order valence-electron chi connectivity index (χ0n) is 12.7. The van der Waals surface area contributed by atoms with Crippen molar-refractivity contribution in [2.24, 2.45) is 0 Å². The first-order valence-electron chi connectivity index (χ1n) is 7.47. The van der Waals surface area contributed by atoms with Crippen LogP contribution in [0, 0.1) is 3.77 Å². The second kappa shape index (κ2) is 8.56. The topological polar surface area (TPSA) is 28.4 Å². The normalized spacial score (nSPS) is 11.2. The Morgan fingerprint density at radius 3 is 2.33 bits per heavy atom. The molecule has 0 aliphatic carbocycles. The highest BCUT2D eigenvalue weighted by atomic mass is 127. The van der Waals surface area contributed by atoms with E-state index in [9.17, 15) is 0 Å². The van der Waals surface area contributed by atoms with Gasteiger partial charge in [-0.15, -0.1) is 0 Å². The molecule has 114 valence electrons. The standard InChI is InChI=1S/C17H23IN2O/c1-3-20(4-2)13-15-8-6-5-7-14(15)11-19-12-16-9-10-17(18)21-16/h5-10,19H,3-4,11-13H2,1-2H3. The molecule has 1 aromatic carbocycles. The molecule has 1 aromatic heterocycles. The Labute approximate surface area is 140 Å². The Balaban J connectivity index is 1.93. The Morgan fingerprint density at radius 2 is 1.71 bits per heavy atom. The lowest BCUT2D eigenvalue weighted by atomic mass is 10.1. The molecule has 1 heterocycles. The molecule has 0 aliphatic rings. The van der Waals surface area contributed by atoms with Gasteiger partial charge < -0.3 is 9.73 Å². The van der Waals surface area contributed by atoms with Crippen molar-refractivity contribution in [1.29, 1.82) is 0 Å². The third kappa shape index (κ3) is 5.13. The average Bonchev–Trinajstić information content (AvgIpc) is 2.91. The summed E-state index contributed by atoms with van der Waals surface area (Å²) in [6.45, 7) is 9.25. The number of nitrogens with one attached hydrogen (secondary N) is 1. The predicted molar refractivity (Wildman–Crippen MR) is 95.0 cm³/mol. The van der Waals surface area contributed by atoms with E-state index in [-0.39, 0.29) is 0 Å². The quantitative estimate of drug-likeness (QED) is 0.681. The summed E-state index contributed by atoms with van der Waals surface area (Å²) in [5.74, 6) is 0.987. The summed E-state index contributed by atoms with van der Waals surface area (Å²) in [5, 5.41) is 3.47. The summed E-state index contributed by atoms with van der Waals surface area (Å²) >= 11 is 2.19. The fourth-order valence-electron chi connectivity index (χ4n) is 2.34. The summed E-state index contributed by atoms with van der Waals surface area (Å²) in [6.07, 6.45) is 0. The van der Waals surface area contributed by atoms with E-state index in [1.807, 2.05) is 12.1 Å². The van der Waals surface area contributed by atoms with Crippen LogP contribution in [0.1, 0.15) is 30.7 Å². The van der Waals surface area contributed by atoms with Crippen molar-refractivity contribution in [2.75, 3.05) is 13.1 Å². The van der Waals surface area contributed by atoms with E-state index in [1.165, 1.54) is 11.1 Å². The number of rotatable bonds is 8. The minimum absolute atomic E-state index is 0.766. The molecular weight excluding hydrogens is 375 g/mol. The smallest absolute Gasteiger partial charge is 0.164 e. The molecule has 0 spiro atoms. The van der Waals surface area contributed by atoms with Gasteiger partial charge >= 0.3 is 0 Å². The van der Waals surface area contributed by atoms with Gasteiger partial charge in [-0.1, -0.05) is 38.1 Å². The molecule has 0 saturated heterocycles. The Bertz CT molecular complexity index is 549. The first-order chi connectivity index (χ1) is 10.2. The van der Waals surface area contributed by atoms with Crippen molar-refractivity contribution in [1.82, 2.24) is 10.2 Å². The van der Waals surface area contributed by atoms with Gasteiger partial charge in [0.1, 0.15) is 5.76 Å². The van der Waals surface area contributed by atoms with Crippen LogP contribution in [0.25, 0.3) is 0 Å². The predicted octanol–water partition coefficient (Wildman–Crippen LogP) is 4.02. The summed E-state index contributed by atoms with van der Waals surface area (Å²) in [7, 11) is 0. The van der Waals surface area contributed by atoms with Crippen LogP contribution in [0.2, 0.25) is 0 Å². The molecule has 0 fully saturated rings. The van der Waals surface area contributed by atoms with Gasteiger partial charge in [0.25, 0.3) is 0 Å². The van der Waals surface area contributed by atoms with E-state index in [4.69, 9.17) is 4.42 Å². The maximum absolute atomic E-state index is 5.57. The van der Waals surface area contributed by atoms with Gasteiger partial charge in [-0.3, -0.25) is 4.90 Å². The van der Waals surface area contributed by atoms with Gasteiger partial charge in [-0.05, 0) is 58.9 Å². The van der Waals surface area contributed by atoms with Crippen molar-refractivity contribution >= 4 is 22.6 Å². The first-order valence-corrected chi connectivity index (χ1v) is 8.54. The van der Waals surface area contributed by atoms with Crippen LogP contribution in [0.15, 0.2) is 40.8 Å². The summed E-state index contributed by atoms with van der Waals surface area (Å²) in [4.78, 5) is 2.44. The van der Waals surface area contributed by atoms with Crippen LogP contribution in [0.4, 0.5) is 0 Å². The fraction of sp³-hybridized carbons (Fsp3) is 0.412. The van der Waals surface area contributed by atoms with E-state index in [2.05, 4.69) is 70.9 Å². The van der Waals surface area contributed by atoms with Crippen molar-refractivity contribution in [3.05, 3.63) is 57.1 Å². The average molecular weight is 398 g/mol. The van der Waals surface area contributed by atoms with Crippen LogP contribution < -0.4 is 5.32 Å². The minimum atomic E-state index is 0.766. The van der Waals surface area contributed by atoms with E-state index < -0.39 is 0 Å². The highest BCUT2D eigenvalue weighted by Crippen LogP contribution is 2.13. The molecular formula is C17H23IN2O. The van der Waals surface area contributed by atoms with Crippen LogP contribution in [0.3, 0.4) is 0 Å². The largest absolute Gasteiger partial charge is 0.454 e. The maximum atomic E-state index is 5.57. The number of hydrogen-bond donors (Lipinski definition) is 1. The molecule has 2 aromatic rings. The van der Waals surface area contributed by atoms with E-state index >= 15 is 0 Å². The van der Waals surface area contributed by atoms with Crippen molar-refractivity contribution in [2.45, 2.75) is 33.5 Å². The summed E-state index contributed by atoms with van der Waals surface area (Å²) < 4.78 is 6.50. The SMILES string of the molecule is CCN(CC)Cc1ccccc1CNCc1ccc(I)o1. The molecule has 0 atom stereocenters. The Kier molecular flexibility index (Phi) is 6.73. The second-order valence-corrected chi connectivity index (χ2v) is 6.10. The zero-order valence-corrected chi connectivity index (χ0v) is 14.9. The highest BCUT2D eigenvalue weighted by molar-refractivity contribution is 14.1. The van der Waals surface area contributed by atoms with Crippen molar-refractivity contribution < 1.29 is 4.42 Å². The van der Waals surface area contributed by atoms with E-state index in [0.717, 1.165) is 42.3 Å². The third-order valence-electron chi connectivity index (χ3n) is 3.65. The Hall–Kier alpha value is -0.850. The Morgan fingerprint density at radius 1 is 1.00 bits per heavy atom. The summed E-state index contributed by atoms with van der Waals surface area (Å²) in [5.41, 5.74) is 2.77. The molecule has 0 bridgehead atoms. The van der Waals surface area contributed by atoms with Gasteiger partial charge in [0, 0.05) is 13.1 Å². The monoisotopic (exact) mass is 398 g/mol. The van der Waals surface area contributed by atoms with Crippen molar-refractivity contribution in [3.63, 3.8) is 0 Å². The number of furan rings is 1. The van der Waals surface area contributed by atoms with Crippen LogP contribution in [-0.4, -0.2) is 18.0 Å². The minimum Gasteiger partial charge on any atom is -0.454 e. The molecule has 0 radical (unpaired) electrons. The highest BCUT2D eigenvalue weighted by Gasteiger charge is 2.06. The molecule has 4 heteroatoms. The van der Waals surface area contributed by atoms with Gasteiger partial charge in [0.15, 0.2) is 3.77 Å². The lowest BCUT2D eigenvalue weighted by molar-refractivity contribution is 0.294. The number of benzene rings is 1. The van der Waals surface area contributed by atoms with Crippen LogP contribution in [-0.2, 0) is 19.6 Å². The number of hydrogen-bond acceptors (Lipinski definition) is 3. The number of halogens is 1. The fourth-order valence-corrected chi connectivity index (χ4v) is 2.80. The lowest BCUT2D eigenvalue weighted by Gasteiger charge is -2.20. The van der Waals surface area contributed by atoms with Crippen LogP contribution in [0.5, 0.6) is 0 Å². The lowest BCUT2D eigenvalue weighted by Crippen LogP contribution is -2.23. The summed E-state index contributed by atoms with van der Waals surface area (Å²) in [6, 6.07) is 12.7. The van der Waals surface area contributed by atoms with Crippen molar-refractivity contribution in [3.8, 4) is 0 Å². The van der Waals surface area contributed by atoms with Gasteiger partial charge in [-0.25, -0.2) is 0 Å². The van der Waals surface area contributed by atoms with E-state index in [1.54, 1.807) is 0 Å². The van der Waals surface area contributed by atoms with Gasteiger partial charge in [-0.2, -0.15) is 0 Å². The molecule has 21 heavy (non-hydrogen) atoms. The van der Waals surface area contributed by atoms with Gasteiger partial charge in [0.2, 0.25) is 0 Å². The van der Waals surface area contributed by atoms with E-state index in [0.29, 0.717) is 0 Å². The third-order valence-corrected chi connectivity index (χ3v) is 4.23. The second-order valence-electron chi connectivity index (χ2n) is 5.04. The number of nitrogens with zero attached hydrogens (tertiary/aromatic N) is 1. The van der Waals surface area contributed by atoms with Crippen LogP contribution >= 0.6 is 22.6 Å². The van der Waals surface area contributed by atoms with Gasteiger partial charge in [0.05, 0.1) is 6.54 Å². The molecule has 0 unspecified atom stereocenters. The molecule has 2 rings (SSSR count). The zero-order chi connectivity index (χ0) is 15.1. The first kappa shape index (κ1) is 16.5. The molecule has 0 amide bonds. The molecule has 0 aliphatic heterocycles. The maximum Gasteiger partial charge on any atom is 0.164 e. The molecule has 1 N–H and O–H groups in total.